The van der Waals surface area contributed by atoms with Gasteiger partial charge in [0.2, 0.25) is 10.0 Å². The van der Waals surface area contributed by atoms with E-state index in [-0.39, 0.29) is 35.9 Å². The molecule has 0 spiro atoms. The van der Waals surface area contributed by atoms with E-state index >= 15 is 0 Å². The smallest absolute Gasteiger partial charge is 0.251 e. The Morgan fingerprint density at radius 3 is 2.43 bits per heavy atom. The topological polar surface area (TPSA) is 77.9 Å². The summed E-state index contributed by atoms with van der Waals surface area (Å²) in [7, 11) is -2.04. The van der Waals surface area contributed by atoms with Crippen LogP contribution in [0.1, 0.15) is 0 Å². The van der Waals surface area contributed by atoms with E-state index in [2.05, 4.69) is 0 Å². The molecule has 1 amide bonds. The molecule has 3 atom stereocenters. The van der Waals surface area contributed by atoms with Crippen molar-refractivity contribution in [1.82, 2.24) is 9.21 Å². The second kappa shape index (κ2) is 4.95. The van der Waals surface area contributed by atoms with Crippen LogP contribution in [0, 0.1) is 5.92 Å². The number of halogens is 1. The first-order valence-corrected chi connectivity index (χ1v) is 8.34. The van der Waals surface area contributed by atoms with Gasteiger partial charge in [0.25, 0.3) is 5.91 Å². The van der Waals surface area contributed by atoms with Gasteiger partial charge in [-0.3, -0.25) is 4.79 Å². The number of likely N-dealkylation sites (tertiary alicyclic amines) is 1. The molecule has 2 aliphatic heterocycles. The number of benzene rings is 1. The van der Waals surface area contributed by atoms with Crippen molar-refractivity contribution < 1.29 is 18.3 Å². The molecule has 2 aliphatic rings. The van der Waals surface area contributed by atoms with Crippen molar-refractivity contribution in [2.45, 2.75) is 17.0 Å². The molecule has 8 heteroatoms. The number of fused-ring (bicyclic) bond motifs is 1. The number of amides is 1. The number of carbonyl (C=O) groups excluding carboxylic acids is 1. The Bertz CT molecular complexity index is 656. The van der Waals surface area contributed by atoms with Gasteiger partial charge in [-0.2, -0.15) is 4.31 Å². The number of rotatable bonds is 2. The Balaban J connectivity index is 1.87. The monoisotopic (exact) mass is 330 g/mol. The molecule has 6 nitrogen and oxygen atoms in total. The molecule has 0 saturated carbocycles. The zero-order chi connectivity index (χ0) is 15.4. The molecule has 0 radical (unpaired) electrons. The lowest BCUT2D eigenvalue weighted by atomic mass is 10.0. The van der Waals surface area contributed by atoms with E-state index in [0.29, 0.717) is 5.02 Å². The first-order valence-electron chi connectivity index (χ1n) is 6.53. The van der Waals surface area contributed by atoms with Gasteiger partial charge in [0, 0.05) is 31.1 Å². The van der Waals surface area contributed by atoms with E-state index in [4.69, 9.17) is 11.6 Å². The number of hydrogen-bond acceptors (Lipinski definition) is 4. The van der Waals surface area contributed by atoms with E-state index in [0.717, 1.165) is 0 Å². The van der Waals surface area contributed by atoms with Crippen LogP contribution < -0.4 is 0 Å². The third kappa shape index (κ3) is 2.24. The molecule has 1 aromatic rings. The Hall–Kier alpha value is -1.15. The van der Waals surface area contributed by atoms with Crippen molar-refractivity contribution in [2.24, 2.45) is 5.92 Å². The van der Waals surface area contributed by atoms with Crippen molar-refractivity contribution in [1.29, 1.82) is 0 Å². The summed E-state index contributed by atoms with van der Waals surface area (Å²) < 4.78 is 26.5. The SMILES string of the molecule is CN1C(=O)[C@@H](O)[C@H]2CN(S(=O)(=O)c3ccc(Cl)cc3)C[C@H]21. The van der Waals surface area contributed by atoms with Crippen LogP contribution in [0.3, 0.4) is 0 Å². The minimum atomic E-state index is -3.64. The predicted octanol–water partition coefficient (Wildman–Crippen LogP) is 0.162. The normalized spacial score (nSPS) is 30.0. The highest BCUT2D eigenvalue weighted by molar-refractivity contribution is 7.89. The van der Waals surface area contributed by atoms with Crippen molar-refractivity contribution in [3.05, 3.63) is 29.3 Å². The lowest BCUT2D eigenvalue weighted by Crippen LogP contribution is -2.38. The predicted molar refractivity (Wildman–Crippen MR) is 76.3 cm³/mol. The number of carbonyl (C=O) groups is 1. The standard InChI is InChI=1S/C13H15ClN2O4S/c1-15-11-7-16(6-10(11)12(17)13(15)18)21(19,20)9-4-2-8(14)3-5-9/h2-5,10-12,17H,6-7H2,1H3/t10-,11+,12-/m0/s1. The Morgan fingerprint density at radius 1 is 1.24 bits per heavy atom. The third-order valence-electron chi connectivity index (χ3n) is 4.25. The van der Waals surface area contributed by atoms with Crippen LogP contribution in [0.15, 0.2) is 29.2 Å². The van der Waals surface area contributed by atoms with Crippen molar-refractivity contribution >= 4 is 27.5 Å². The molecule has 0 unspecified atom stereocenters. The van der Waals surface area contributed by atoms with E-state index in [9.17, 15) is 18.3 Å². The molecule has 0 bridgehead atoms. The summed E-state index contributed by atoms with van der Waals surface area (Å²) in [4.78, 5) is 13.3. The maximum Gasteiger partial charge on any atom is 0.251 e. The highest BCUT2D eigenvalue weighted by Gasteiger charge is 2.52. The molecular formula is C13H15ClN2O4S. The molecule has 1 aromatic carbocycles. The van der Waals surface area contributed by atoms with E-state index in [1.165, 1.54) is 33.5 Å². The van der Waals surface area contributed by atoms with Gasteiger partial charge < -0.3 is 10.0 Å². The lowest BCUT2D eigenvalue weighted by Gasteiger charge is -2.21. The summed E-state index contributed by atoms with van der Waals surface area (Å²) in [6.07, 6.45) is -1.12. The van der Waals surface area contributed by atoms with Crippen LogP contribution in [-0.2, 0) is 14.8 Å². The number of sulfonamides is 1. The Labute approximate surface area is 128 Å². The van der Waals surface area contributed by atoms with Gasteiger partial charge in [-0.15, -0.1) is 0 Å². The molecule has 3 rings (SSSR count). The third-order valence-corrected chi connectivity index (χ3v) is 6.35. The number of hydrogen-bond donors (Lipinski definition) is 1. The summed E-state index contributed by atoms with van der Waals surface area (Å²) in [5.41, 5.74) is 0. The number of nitrogens with zero attached hydrogens (tertiary/aromatic N) is 2. The molecule has 2 heterocycles. The molecule has 114 valence electrons. The fourth-order valence-electron chi connectivity index (χ4n) is 3.00. The van der Waals surface area contributed by atoms with E-state index < -0.39 is 16.1 Å². The molecular weight excluding hydrogens is 316 g/mol. The van der Waals surface area contributed by atoms with Crippen molar-refractivity contribution in [2.75, 3.05) is 20.1 Å². The number of aliphatic hydroxyl groups excluding tert-OH is 1. The fraction of sp³-hybridized carbons (Fsp3) is 0.462. The summed E-state index contributed by atoms with van der Waals surface area (Å²) in [6.45, 7) is 0.349. The molecule has 0 aromatic heterocycles. The quantitative estimate of drug-likeness (QED) is 0.838. The van der Waals surface area contributed by atoms with E-state index in [1.54, 1.807) is 7.05 Å². The summed E-state index contributed by atoms with van der Waals surface area (Å²) >= 11 is 5.77. The average molecular weight is 331 g/mol. The van der Waals surface area contributed by atoms with Crippen LogP contribution in [0.5, 0.6) is 0 Å². The van der Waals surface area contributed by atoms with Crippen LogP contribution >= 0.6 is 11.6 Å². The minimum absolute atomic E-state index is 0.146. The first-order chi connectivity index (χ1) is 9.82. The maximum absolute atomic E-state index is 12.6. The largest absolute Gasteiger partial charge is 0.383 e. The zero-order valence-corrected chi connectivity index (χ0v) is 12.9. The lowest BCUT2D eigenvalue weighted by molar-refractivity contribution is -0.134. The minimum Gasteiger partial charge on any atom is -0.383 e. The average Bonchev–Trinajstić information content (AvgIpc) is 2.97. The summed E-state index contributed by atoms with van der Waals surface area (Å²) in [5, 5.41) is 10.4. The molecule has 2 fully saturated rings. The van der Waals surface area contributed by atoms with Gasteiger partial charge in [-0.05, 0) is 24.3 Å². The Kier molecular flexibility index (Phi) is 3.48. The maximum atomic E-state index is 12.6. The highest BCUT2D eigenvalue weighted by Crippen LogP contribution is 2.34. The molecule has 21 heavy (non-hydrogen) atoms. The zero-order valence-electron chi connectivity index (χ0n) is 11.3. The van der Waals surface area contributed by atoms with E-state index in [1.807, 2.05) is 0 Å². The van der Waals surface area contributed by atoms with Crippen molar-refractivity contribution in [3.8, 4) is 0 Å². The van der Waals surface area contributed by atoms with Crippen LogP contribution in [0.4, 0.5) is 0 Å². The summed E-state index contributed by atoms with van der Waals surface area (Å²) in [6, 6.07) is 5.69. The van der Waals surface area contributed by atoms with Crippen LogP contribution in [-0.4, -0.2) is 60.9 Å². The molecule has 1 N–H and O–H groups in total. The van der Waals surface area contributed by atoms with Crippen LogP contribution in [0.25, 0.3) is 0 Å². The van der Waals surface area contributed by atoms with Gasteiger partial charge in [-0.1, -0.05) is 11.6 Å². The van der Waals surface area contributed by atoms with Gasteiger partial charge >= 0.3 is 0 Å². The highest BCUT2D eigenvalue weighted by atomic mass is 35.5. The summed E-state index contributed by atoms with van der Waals surface area (Å²) in [5.74, 6) is -0.710. The Morgan fingerprint density at radius 2 is 1.86 bits per heavy atom. The van der Waals surface area contributed by atoms with Crippen LogP contribution in [0.2, 0.25) is 5.02 Å². The van der Waals surface area contributed by atoms with Gasteiger partial charge in [0.1, 0.15) is 6.10 Å². The second-order valence-corrected chi connectivity index (χ2v) is 7.78. The first kappa shape index (κ1) is 14.8. The van der Waals surface area contributed by atoms with Gasteiger partial charge in [-0.25, -0.2) is 8.42 Å². The van der Waals surface area contributed by atoms with Gasteiger partial charge in [0.05, 0.1) is 10.9 Å². The second-order valence-electron chi connectivity index (χ2n) is 5.40. The van der Waals surface area contributed by atoms with Crippen molar-refractivity contribution in [3.63, 3.8) is 0 Å². The molecule has 0 aliphatic carbocycles. The van der Waals surface area contributed by atoms with Gasteiger partial charge in [0.15, 0.2) is 0 Å². The molecule has 2 saturated heterocycles. The number of aliphatic hydroxyl groups is 1. The fourth-order valence-corrected chi connectivity index (χ4v) is 4.62. The number of likely N-dealkylation sites (N-methyl/N-ethyl adjacent to an activating group) is 1.